The van der Waals surface area contributed by atoms with E-state index in [4.69, 9.17) is 21.1 Å². The number of halogens is 1. The van der Waals surface area contributed by atoms with Gasteiger partial charge in [-0.3, -0.25) is 4.79 Å². The first kappa shape index (κ1) is 22.3. The van der Waals surface area contributed by atoms with Gasteiger partial charge < -0.3 is 14.8 Å². The summed E-state index contributed by atoms with van der Waals surface area (Å²) in [5.74, 6) is -1.50. The number of carbonyl (C=O) groups is 3. The summed E-state index contributed by atoms with van der Waals surface area (Å²) in [6.07, 6.45) is 4.81. The normalized spacial score (nSPS) is 14.2. The Kier molecular flexibility index (Phi) is 7.50. The standard InChI is InChI=1S/C22H24ClNO5S/c1-3-28-21(26)17-13(2)18(22(27)29-16-10-5-4-6-11-16)30-20(17)24-19(25)14-8-7-9-15(23)12-14/h7-9,12,16H,3-6,10-11H2,1-2H3,(H,24,25). The number of amides is 1. The van der Waals surface area contributed by atoms with E-state index in [1.54, 1.807) is 32.0 Å². The molecule has 1 aliphatic carbocycles. The van der Waals surface area contributed by atoms with Crippen LogP contribution in [0.3, 0.4) is 0 Å². The molecule has 0 radical (unpaired) electrons. The number of thiophene rings is 1. The third kappa shape index (κ3) is 5.21. The van der Waals surface area contributed by atoms with E-state index in [9.17, 15) is 14.4 Å². The quantitative estimate of drug-likeness (QED) is 0.578. The van der Waals surface area contributed by atoms with E-state index >= 15 is 0 Å². The highest BCUT2D eigenvalue weighted by Gasteiger charge is 2.29. The second kappa shape index (κ2) is 10.1. The number of nitrogens with one attached hydrogen (secondary N) is 1. The molecule has 1 N–H and O–H groups in total. The Hall–Kier alpha value is -2.38. The fourth-order valence-corrected chi connectivity index (χ4v) is 4.70. The lowest BCUT2D eigenvalue weighted by atomic mass is 9.98. The average molecular weight is 450 g/mol. The Morgan fingerprint density at radius 1 is 1.17 bits per heavy atom. The third-order valence-electron chi connectivity index (χ3n) is 4.95. The maximum Gasteiger partial charge on any atom is 0.348 e. The number of hydrogen-bond acceptors (Lipinski definition) is 6. The van der Waals surface area contributed by atoms with E-state index in [-0.39, 0.29) is 23.3 Å². The van der Waals surface area contributed by atoms with Crippen molar-refractivity contribution in [1.82, 2.24) is 0 Å². The first-order chi connectivity index (χ1) is 14.4. The van der Waals surface area contributed by atoms with Crippen LogP contribution in [0.25, 0.3) is 0 Å². The van der Waals surface area contributed by atoms with Crippen LogP contribution in [0.4, 0.5) is 5.00 Å². The molecular formula is C22H24ClNO5S. The van der Waals surface area contributed by atoms with Gasteiger partial charge in [-0.05, 0) is 63.3 Å². The Morgan fingerprint density at radius 3 is 2.57 bits per heavy atom. The van der Waals surface area contributed by atoms with Crippen LogP contribution in [-0.2, 0) is 9.47 Å². The number of benzene rings is 1. The summed E-state index contributed by atoms with van der Waals surface area (Å²) in [5.41, 5.74) is 0.961. The van der Waals surface area contributed by atoms with Crippen molar-refractivity contribution in [3.05, 3.63) is 50.9 Å². The van der Waals surface area contributed by atoms with Crippen LogP contribution in [0, 0.1) is 6.92 Å². The zero-order valence-corrected chi connectivity index (χ0v) is 18.5. The number of ether oxygens (including phenoxy) is 2. The van der Waals surface area contributed by atoms with Gasteiger partial charge >= 0.3 is 11.9 Å². The molecule has 0 unspecified atom stereocenters. The minimum Gasteiger partial charge on any atom is -0.462 e. The smallest absolute Gasteiger partial charge is 0.348 e. The zero-order chi connectivity index (χ0) is 21.7. The van der Waals surface area contributed by atoms with Crippen LogP contribution in [0.15, 0.2) is 24.3 Å². The summed E-state index contributed by atoms with van der Waals surface area (Å²) in [5, 5.41) is 3.40. The highest BCUT2D eigenvalue weighted by Crippen LogP contribution is 2.35. The van der Waals surface area contributed by atoms with Crippen LogP contribution in [0.2, 0.25) is 5.02 Å². The molecule has 30 heavy (non-hydrogen) atoms. The molecule has 0 saturated heterocycles. The molecule has 2 aromatic rings. The zero-order valence-electron chi connectivity index (χ0n) is 17.0. The topological polar surface area (TPSA) is 81.7 Å². The van der Waals surface area contributed by atoms with Gasteiger partial charge in [0.25, 0.3) is 5.91 Å². The van der Waals surface area contributed by atoms with Gasteiger partial charge in [0.15, 0.2) is 0 Å². The lowest BCUT2D eigenvalue weighted by Crippen LogP contribution is -2.21. The lowest BCUT2D eigenvalue weighted by Gasteiger charge is -2.21. The molecule has 1 aromatic carbocycles. The Bertz CT molecular complexity index is 949. The van der Waals surface area contributed by atoms with Crippen molar-refractivity contribution in [2.24, 2.45) is 0 Å². The number of esters is 2. The maximum absolute atomic E-state index is 12.8. The molecule has 0 aliphatic heterocycles. The number of carbonyl (C=O) groups excluding carboxylic acids is 3. The molecule has 1 aromatic heterocycles. The van der Waals surface area contributed by atoms with Gasteiger partial charge in [0.2, 0.25) is 0 Å². The molecule has 8 heteroatoms. The van der Waals surface area contributed by atoms with Crippen LogP contribution >= 0.6 is 22.9 Å². The van der Waals surface area contributed by atoms with Crippen LogP contribution in [-0.4, -0.2) is 30.6 Å². The molecule has 0 spiro atoms. The van der Waals surface area contributed by atoms with E-state index in [1.165, 1.54) is 6.07 Å². The highest BCUT2D eigenvalue weighted by molar-refractivity contribution is 7.18. The predicted molar refractivity (Wildman–Crippen MR) is 117 cm³/mol. The Labute approximate surface area is 184 Å². The van der Waals surface area contributed by atoms with Gasteiger partial charge in [-0.1, -0.05) is 24.1 Å². The van der Waals surface area contributed by atoms with Gasteiger partial charge in [0.05, 0.1) is 12.2 Å². The third-order valence-corrected chi connectivity index (χ3v) is 6.37. The Morgan fingerprint density at radius 2 is 1.90 bits per heavy atom. The fraction of sp³-hybridized carbons (Fsp3) is 0.409. The molecule has 1 saturated carbocycles. The molecule has 160 valence electrons. The molecule has 0 atom stereocenters. The summed E-state index contributed by atoms with van der Waals surface area (Å²) in [6, 6.07) is 6.47. The summed E-state index contributed by atoms with van der Waals surface area (Å²) in [4.78, 5) is 38.3. The summed E-state index contributed by atoms with van der Waals surface area (Å²) < 4.78 is 10.8. The van der Waals surface area contributed by atoms with Crippen LogP contribution in [0.1, 0.15) is 75.0 Å². The summed E-state index contributed by atoms with van der Waals surface area (Å²) in [6.45, 7) is 3.54. The largest absolute Gasteiger partial charge is 0.462 e. The average Bonchev–Trinajstić information content (AvgIpc) is 3.05. The van der Waals surface area contributed by atoms with E-state index in [2.05, 4.69) is 5.32 Å². The van der Waals surface area contributed by atoms with Crippen LogP contribution in [0.5, 0.6) is 0 Å². The first-order valence-electron chi connectivity index (χ1n) is 9.99. The van der Waals surface area contributed by atoms with E-state index in [0.717, 1.165) is 43.4 Å². The summed E-state index contributed by atoms with van der Waals surface area (Å²) in [7, 11) is 0. The van der Waals surface area contributed by atoms with Gasteiger partial charge in [-0.2, -0.15) is 0 Å². The number of rotatable bonds is 6. The fourth-order valence-electron chi connectivity index (χ4n) is 3.44. The Balaban J connectivity index is 1.88. The second-order valence-corrected chi connectivity index (χ2v) is 8.57. The van der Waals surface area contributed by atoms with Crippen LogP contribution < -0.4 is 5.32 Å². The maximum atomic E-state index is 12.8. The predicted octanol–water partition coefficient (Wildman–Crippen LogP) is 5.63. The molecule has 6 nitrogen and oxygen atoms in total. The minimum absolute atomic E-state index is 0.108. The molecule has 1 aliphatic rings. The van der Waals surface area contributed by atoms with Crippen molar-refractivity contribution in [3.8, 4) is 0 Å². The van der Waals surface area contributed by atoms with E-state index in [0.29, 0.717) is 21.0 Å². The van der Waals surface area contributed by atoms with Crippen molar-refractivity contribution in [1.29, 1.82) is 0 Å². The van der Waals surface area contributed by atoms with Crippen molar-refractivity contribution in [3.63, 3.8) is 0 Å². The molecule has 3 rings (SSSR count). The second-order valence-electron chi connectivity index (χ2n) is 7.11. The number of anilines is 1. The van der Waals surface area contributed by atoms with E-state index in [1.807, 2.05) is 0 Å². The van der Waals surface area contributed by atoms with Gasteiger partial charge in [-0.25, -0.2) is 9.59 Å². The molecule has 1 heterocycles. The highest BCUT2D eigenvalue weighted by atomic mass is 35.5. The molecule has 1 fully saturated rings. The lowest BCUT2D eigenvalue weighted by molar-refractivity contribution is 0.0216. The molecule has 0 bridgehead atoms. The molecule has 1 amide bonds. The van der Waals surface area contributed by atoms with Crippen molar-refractivity contribution in [2.75, 3.05) is 11.9 Å². The van der Waals surface area contributed by atoms with Crippen molar-refractivity contribution < 1.29 is 23.9 Å². The first-order valence-corrected chi connectivity index (χ1v) is 11.2. The van der Waals surface area contributed by atoms with Crippen molar-refractivity contribution >= 4 is 45.8 Å². The van der Waals surface area contributed by atoms with Gasteiger partial charge in [-0.15, -0.1) is 11.3 Å². The minimum atomic E-state index is -0.593. The number of hydrogen-bond donors (Lipinski definition) is 1. The summed E-state index contributed by atoms with van der Waals surface area (Å²) >= 11 is 6.99. The van der Waals surface area contributed by atoms with Gasteiger partial charge in [0, 0.05) is 10.6 Å². The van der Waals surface area contributed by atoms with Gasteiger partial charge in [0.1, 0.15) is 16.0 Å². The SMILES string of the molecule is CCOC(=O)c1c(NC(=O)c2cccc(Cl)c2)sc(C(=O)OC2CCCCC2)c1C. The molecular weight excluding hydrogens is 426 g/mol. The monoisotopic (exact) mass is 449 g/mol. The van der Waals surface area contributed by atoms with E-state index < -0.39 is 17.8 Å². The van der Waals surface area contributed by atoms with Crippen molar-refractivity contribution in [2.45, 2.75) is 52.1 Å².